The van der Waals surface area contributed by atoms with Crippen LogP contribution in [0.5, 0.6) is 17.2 Å². The van der Waals surface area contributed by atoms with Crippen molar-refractivity contribution in [2.45, 2.75) is 6.61 Å². The summed E-state index contributed by atoms with van der Waals surface area (Å²) in [6.07, 6.45) is 0. The molecule has 0 aliphatic carbocycles. The number of nitrogens with zero attached hydrogens (tertiary/aromatic N) is 2. The number of benzene rings is 2. The predicted molar refractivity (Wildman–Crippen MR) is 83.6 cm³/mol. The SMILES string of the molecule is COc1cc(COc2ccc([N+](=O)[O-])cc2)c([N+](=O)[O-])cc1OC. The molecule has 0 heterocycles. The van der Waals surface area contributed by atoms with Gasteiger partial charge in [-0.25, -0.2) is 0 Å². The van der Waals surface area contributed by atoms with Gasteiger partial charge in [0.1, 0.15) is 12.4 Å². The minimum Gasteiger partial charge on any atom is -0.493 e. The highest BCUT2D eigenvalue weighted by Gasteiger charge is 2.20. The average Bonchev–Trinajstić information content (AvgIpc) is 2.59. The number of non-ortho nitro benzene ring substituents is 1. The van der Waals surface area contributed by atoms with Gasteiger partial charge < -0.3 is 14.2 Å². The molecule has 0 aromatic heterocycles. The molecule has 0 bridgehead atoms. The zero-order chi connectivity index (χ0) is 17.7. The lowest BCUT2D eigenvalue weighted by Gasteiger charge is -2.11. The molecule has 126 valence electrons. The summed E-state index contributed by atoms with van der Waals surface area (Å²) in [7, 11) is 2.80. The Morgan fingerprint density at radius 3 is 2.00 bits per heavy atom. The van der Waals surface area contributed by atoms with Gasteiger partial charge in [-0.15, -0.1) is 0 Å². The first kappa shape index (κ1) is 17.0. The first-order chi connectivity index (χ1) is 11.5. The molecule has 9 nitrogen and oxygen atoms in total. The molecule has 0 N–H and O–H groups in total. The molecule has 0 saturated carbocycles. The Morgan fingerprint density at radius 2 is 1.50 bits per heavy atom. The molecule has 9 heteroatoms. The third-order valence-electron chi connectivity index (χ3n) is 3.22. The van der Waals surface area contributed by atoms with E-state index in [4.69, 9.17) is 14.2 Å². The first-order valence-corrected chi connectivity index (χ1v) is 6.72. The molecule has 0 saturated heterocycles. The van der Waals surface area contributed by atoms with Crippen molar-refractivity contribution in [1.82, 2.24) is 0 Å². The highest BCUT2D eigenvalue weighted by atomic mass is 16.6. The second-order valence-corrected chi connectivity index (χ2v) is 4.63. The van der Waals surface area contributed by atoms with E-state index in [1.54, 1.807) is 0 Å². The van der Waals surface area contributed by atoms with Crippen LogP contribution < -0.4 is 14.2 Å². The van der Waals surface area contributed by atoms with Crippen molar-refractivity contribution in [3.8, 4) is 17.2 Å². The summed E-state index contributed by atoms with van der Waals surface area (Å²) in [5.41, 5.74) is 0.0463. The van der Waals surface area contributed by atoms with Gasteiger partial charge in [0.2, 0.25) is 0 Å². The monoisotopic (exact) mass is 334 g/mol. The smallest absolute Gasteiger partial charge is 0.280 e. The summed E-state index contributed by atoms with van der Waals surface area (Å²) in [5.74, 6) is 0.929. The molecule has 0 unspecified atom stereocenters. The maximum atomic E-state index is 11.2. The van der Waals surface area contributed by atoms with E-state index in [1.165, 1.54) is 50.6 Å². The summed E-state index contributed by atoms with van der Waals surface area (Å²) in [6.45, 7) is -0.103. The van der Waals surface area contributed by atoms with Crippen LogP contribution in [-0.4, -0.2) is 24.1 Å². The molecule has 2 rings (SSSR count). The van der Waals surface area contributed by atoms with Crippen LogP contribution in [0.25, 0.3) is 0 Å². The molecular formula is C15H14N2O7. The van der Waals surface area contributed by atoms with Crippen LogP contribution in [0, 0.1) is 20.2 Å². The van der Waals surface area contributed by atoms with E-state index in [2.05, 4.69) is 0 Å². The molecule has 0 aliphatic rings. The minimum atomic E-state index is -0.545. The highest BCUT2D eigenvalue weighted by Crippen LogP contribution is 2.35. The lowest BCUT2D eigenvalue weighted by atomic mass is 10.1. The van der Waals surface area contributed by atoms with Gasteiger partial charge in [0.05, 0.1) is 35.7 Å². The van der Waals surface area contributed by atoms with Crippen LogP contribution in [0.15, 0.2) is 36.4 Å². The van der Waals surface area contributed by atoms with Crippen molar-refractivity contribution in [2.75, 3.05) is 14.2 Å². The average molecular weight is 334 g/mol. The summed E-state index contributed by atoms with van der Waals surface area (Å²) < 4.78 is 15.6. The Labute approximate surface area is 136 Å². The molecular weight excluding hydrogens is 320 g/mol. The molecule has 2 aromatic rings. The van der Waals surface area contributed by atoms with Crippen LogP contribution in [0.4, 0.5) is 11.4 Å². The summed E-state index contributed by atoms with van der Waals surface area (Å²) in [4.78, 5) is 20.7. The summed E-state index contributed by atoms with van der Waals surface area (Å²) in [5, 5.41) is 21.8. The van der Waals surface area contributed by atoms with Crippen LogP contribution in [-0.2, 0) is 6.61 Å². The lowest BCUT2D eigenvalue weighted by Crippen LogP contribution is -2.03. The van der Waals surface area contributed by atoms with Gasteiger partial charge in [0.15, 0.2) is 11.5 Å². The van der Waals surface area contributed by atoms with Gasteiger partial charge in [-0.3, -0.25) is 20.2 Å². The quantitative estimate of drug-likeness (QED) is 0.564. The van der Waals surface area contributed by atoms with Crippen molar-refractivity contribution in [1.29, 1.82) is 0 Å². The largest absolute Gasteiger partial charge is 0.493 e. The Hall–Kier alpha value is -3.36. The maximum Gasteiger partial charge on any atom is 0.280 e. The van der Waals surface area contributed by atoms with E-state index < -0.39 is 9.85 Å². The summed E-state index contributed by atoms with van der Waals surface area (Å²) in [6, 6.07) is 8.14. The zero-order valence-corrected chi connectivity index (χ0v) is 12.9. The summed E-state index contributed by atoms with van der Waals surface area (Å²) >= 11 is 0. The van der Waals surface area contributed by atoms with Crippen molar-refractivity contribution >= 4 is 11.4 Å². The second kappa shape index (κ2) is 7.27. The fraction of sp³-hybridized carbons (Fsp3) is 0.200. The van der Waals surface area contributed by atoms with Gasteiger partial charge in [-0.1, -0.05) is 0 Å². The normalized spacial score (nSPS) is 10.1. The second-order valence-electron chi connectivity index (χ2n) is 4.63. The number of nitro benzene ring substituents is 2. The first-order valence-electron chi connectivity index (χ1n) is 6.72. The van der Waals surface area contributed by atoms with Crippen LogP contribution in [0.1, 0.15) is 5.56 Å². The Morgan fingerprint density at radius 1 is 0.917 bits per heavy atom. The van der Waals surface area contributed by atoms with Crippen molar-refractivity contribution < 1.29 is 24.1 Å². The number of ether oxygens (including phenoxy) is 3. The topological polar surface area (TPSA) is 114 Å². The van der Waals surface area contributed by atoms with E-state index in [0.29, 0.717) is 11.5 Å². The van der Waals surface area contributed by atoms with Crippen LogP contribution >= 0.6 is 0 Å². The Bertz CT molecular complexity index is 759. The zero-order valence-electron chi connectivity index (χ0n) is 12.9. The van der Waals surface area contributed by atoms with E-state index in [9.17, 15) is 20.2 Å². The number of nitro groups is 2. The fourth-order valence-corrected chi connectivity index (χ4v) is 2.02. The van der Waals surface area contributed by atoms with E-state index in [0.717, 1.165) is 0 Å². The number of methoxy groups -OCH3 is 2. The molecule has 2 aromatic carbocycles. The molecule has 0 spiro atoms. The van der Waals surface area contributed by atoms with Crippen molar-refractivity contribution in [2.24, 2.45) is 0 Å². The van der Waals surface area contributed by atoms with Gasteiger partial charge in [-0.2, -0.15) is 0 Å². The van der Waals surface area contributed by atoms with Gasteiger partial charge in [0.25, 0.3) is 11.4 Å². The van der Waals surface area contributed by atoms with Crippen molar-refractivity contribution in [3.05, 3.63) is 62.2 Å². The third kappa shape index (κ3) is 3.69. The minimum absolute atomic E-state index is 0.0700. The number of hydrogen-bond acceptors (Lipinski definition) is 7. The number of rotatable bonds is 7. The van der Waals surface area contributed by atoms with E-state index >= 15 is 0 Å². The van der Waals surface area contributed by atoms with E-state index in [-0.39, 0.29) is 29.3 Å². The van der Waals surface area contributed by atoms with E-state index in [1.807, 2.05) is 0 Å². The Balaban J connectivity index is 2.24. The molecule has 24 heavy (non-hydrogen) atoms. The molecule has 0 atom stereocenters. The predicted octanol–water partition coefficient (Wildman–Crippen LogP) is 3.10. The number of hydrogen-bond donors (Lipinski definition) is 0. The van der Waals surface area contributed by atoms with Gasteiger partial charge >= 0.3 is 0 Å². The van der Waals surface area contributed by atoms with Crippen LogP contribution in [0.3, 0.4) is 0 Å². The highest BCUT2D eigenvalue weighted by molar-refractivity contribution is 5.54. The molecule has 0 fully saturated rings. The molecule has 0 amide bonds. The van der Waals surface area contributed by atoms with Gasteiger partial charge in [0, 0.05) is 12.1 Å². The van der Waals surface area contributed by atoms with Gasteiger partial charge in [-0.05, 0) is 18.2 Å². The Kier molecular flexibility index (Phi) is 5.15. The fourth-order valence-electron chi connectivity index (χ4n) is 2.02. The maximum absolute atomic E-state index is 11.2. The molecule has 0 aliphatic heterocycles. The standard InChI is InChI=1S/C15H14N2O7/c1-22-14-7-10(13(17(20)21)8-15(14)23-2)9-24-12-5-3-11(4-6-12)16(18)19/h3-8H,9H2,1-2H3. The molecule has 0 radical (unpaired) electrons. The van der Waals surface area contributed by atoms with Crippen molar-refractivity contribution in [3.63, 3.8) is 0 Å². The van der Waals surface area contributed by atoms with Crippen LogP contribution in [0.2, 0.25) is 0 Å². The third-order valence-corrected chi connectivity index (χ3v) is 3.22. The lowest BCUT2D eigenvalue weighted by molar-refractivity contribution is -0.385.